The number of aliphatic carboxylic acids is 1. The maximum absolute atomic E-state index is 11.6. The largest absolute Gasteiger partial charge is 0.481 e. The van der Waals surface area contributed by atoms with Crippen LogP contribution >= 0.6 is 0 Å². The summed E-state index contributed by atoms with van der Waals surface area (Å²) in [6, 6.07) is 9.05. The molecule has 0 fully saturated rings. The third-order valence-electron chi connectivity index (χ3n) is 2.25. The summed E-state index contributed by atoms with van der Waals surface area (Å²) in [6.07, 6.45) is 0.985. The van der Waals surface area contributed by atoms with Gasteiger partial charge in [-0.3, -0.25) is 14.6 Å². The van der Waals surface area contributed by atoms with E-state index in [2.05, 4.69) is 4.98 Å². The first-order chi connectivity index (χ1) is 7.68. The number of aromatic nitrogens is 1. The molecule has 2 rings (SSSR count). The van der Waals surface area contributed by atoms with Crippen LogP contribution in [0.5, 0.6) is 0 Å². The Morgan fingerprint density at radius 2 is 1.94 bits per heavy atom. The standard InChI is InChI=1S/C12H9NO3/c14-10(7-11(15)16)12-9-4-2-1-3-8(9)5-6-13-12/h1-6H,7H2,(H,15,16). The van der Waals surface area contributed by atoms with Crippen molar-refractivity contribution in [2.75, 3.05) is 0 Å². The SMILES string of the molecule is O=C(O)CC(=O)c1nccc2ccccc12. The molecule has 0 aliphatic rings. The fourth-order valence-electron chi connectivity index (χ4n) is 1.56. The summed E-state index contributed by atoms with van der Waals surface area (Å²) in [7, 11) is 0. The Hall–Kier alpha value is -2.23. The monoisotopic (exact) mass is 215 g/mol. The molecule has 0 saturated heterocycles. The van der Waals surface area contributed by atoms with Gasteiger partial charge < -0.3 is 5.11 Å². The number of pyridine rings is 1. The molecule has 0 saturated carbocycles. The summed E-state index contributed by atoms with van der Waals surface area (Å²) in [5, 5.41) is 10.1. The molecule has 16 heavy (non-hydrogen) atoms. The molecule has 1 aromatic carbocycles. The van der Waals surface area contributed by atoms with Gasteiger partial charge in [-0.2, -0.15) is 0 Å². The van der Waals surface area contributed by atoms with E-state index in [0.717, 1.165) is 5.39 Å². The van der Waals surface area contributed by atoms with Crippen molar-refractivity contribution in [2.24, 2.45) is 0 Å². The highest BCUT2D eigenvalue weighted by Gasteiger charge is 2.14. The Kier molecular flexibility index (Phi) is 2.64. The second-order valence-corrected chi connectivity index (χ2v) is 3.37. The van der Waals surface area contributed by atoms with Crippen LogP contribution in [0.25, 0.3) is 10.8 Å². The molecule has 0 aliphatic heterocycles. The zero-order valence-electron chi connectivity index (χ0n) is 8.38. The summed E-state index contributed by atoms with van der Waals surface area (Å²) in [5.41, 5.74) is 0.223. The van der Waals surface area contributed by atoms with Crippen molar-refractivity contribution in [2.45, 2.75) is 6.42 Å². The Morgan fingerprint density at radius 1 is 1.19 bits per heavy atom. The summed E-state index contributed by atoms with van der Waals surface area (Å²) >= 11 is 0. The molecule has 4 nitrogen and oxygen atoms in total. The van der Waals surface area contributed by atoms with Crippen LogP contribution in [0.4, 0.5) is 0 Å². The number of ketones is 1. The van der Waals surface area contributed by atoms with Crippen molar-refractivity contribution < 1.29 is 14.7 Å². The van der Waals surface area contributed by atoms with Crippen LogP contribution in [0.15, 0.2) is 36.5 Å². The van der Waals surface area contributed by atoms with Crippen molar-refractivity contribution in [1.29, 1.82) is 0 Å². The predicted molar refractivity (Wildman–Crippen MR) is 58.3 cm³/mol. The average molecular weight is 215 g/mol. The maximum Gasteiger partial charge on any atom is 0.311 e. The summed E-state index contributed by atoms with van der Waals surface area (Å²) in [6.45, 7) is 0. The average Bonchev–Trinajstić information content (AvgIpc) is 2.27. The quantitative estimate of drug-likeness (QED) is 0.627. The highest BCUT2D eigenvalue weighted by Crippen LogP contribution is 2.17. The van der Waals surface area contributed by atoms with E-state index in [1.807, 2.05) is 12.1 Å². The first-order valence-corrected chi connectivity index (χ1v) is 4.77. The second kappa shape index (κ2) is 4.10. The first kappa shape index (κ1) is 10.3. The number of carboxylic acids is 1. The number of carboxylic acid groups (broad SMARTS) is 1. The van der Waals surface area contributed by atoms with Crippen LogP contribution < -0.4 is 0 Å². The highest BCUT2D eigenvalue weighted by molar-refractivity contribution is 6.11. The van der Waals surface area contributed by atoms with Gasteiger partial charge in [0.2, 0.25) is 0 Å². The molecule has 0 spiro atoms. The number of Topliss-reactive ketones (excluding diaryl/α,β-unsaturated/α-hetero) is 1. The molecule has 0 atom stereocenters. The molecule has 0 radical (unpaired) electrons. The summed E-state index contributed by atoms with van der Waals surface area (Å²) < 4.78 is 0. The number of nitrogens with zero attached hydrogens (tertiary/aromatic N) is 1. The second-order valence-electron chi connectivity index (χ2n) is 3.37. The van der Waals surface area contributed by atoms with Gasteiger partial charge in [0.15, 0.2) is 5.78 Å². The summed E-state index contributed by atoms with van der Waals surface area (Å²) in [4.78, 5) is 26.0. The highest BCUT2D eigenvalue weighted by atomic mass is 16.4. The van der Waals surface area contributed by atoms with Crippen molar-refractivity contribution in [1.82, 2.24) is 4.98 Å². The smallest absolute Gasteiger partial charge is 0.311 e. The van der Waals surface area contributed by atoms with E-state index < -0.39 is 18.2 Å². The molecule has 1 N–H and O–H groups in total. The zero-order valence-corrected chi connectivity index (χ0v) is 8.38. The molecule has 4 heteroatoms. The minimum absolute atomic E-state index is 0.223. The van der Waals surface area contributed by atoms with Gasteiger partial charge in [-0.25, -0.2) is 0 Å². The Balaban J connectivity index is 2.52. The van der Waals surface area contributed by atoms with E-state index in [-0.39, 0.29) is 5.69 Å². The lowest BCUT2D eigenvalue weighted by Gasteiger charge is -2.02. The predicted octanol–water partition coefficient (Wildman–Crippen LogP) is 1.89. The van der Waals surface area contributed by atoms with Crippen molar-refractivity contribution in [3.63, 3.8) is 0 Å². The number of rotatable bonds is 3. The number of carbonyl (C=O) groups excluding carboxylic acids is 1. The Morgan fingerprint density at radius 3 is 2.69 bits per heavy atom. The van der Waals surface area contributed by atoms with Gasteiger partial charge in [0.05, 0.1) is 0 Å². The van der Waals surface area contributed by atoms with Crippen LogP contribution in [-0.2, 0) is 4.79 Å². The molecular formula is C12H9NO3. The van der Waals surface area contributed by atoms with Gasteiger partial charge in [-0.05, 0) is 11.5 Å². The Labute approximate surface area is 91.5 Å². The lowest BCUT2D eigenvalue weighted by Crippen LogP contribution is -2.09. The van der Waals surface area contributed by atoms with Gasteiger partial charge in [0.25, 0.3) is 0 Å². The van der Waals surface area contributed by atoms with E-state index in [9.17, 15) is 9.59 Å². The molecule has 1 aromatic heterocycles. The molecule has 80 valence electrons. The van der Waals surface area contributed by atoms with Crippen LogP contribution in [0.3, 0.4) is 0 Å². The van der Waals surface area contributed by atoms with Gasteiger partial charge >= 0.3 is 5.97 Å². The lowest BCUT2D eigenvalue weighted by atomic mass is 10.1. The molecule has 0 unspecified atom stereocenters. The molecular weight excluding hydrogens is 206 g/mol. The van der Waals surface area contributed by atoms with Crippen LogP contribution in [0, 0.1) is 0 Å². The molecule has 1 heterocycles. The number of benzene rings is 1. The van der Waals surface area contributed by atoms with E-state index in [1.54, 1.807) is 18.2 Å². The van der Waals surface area contributed by atoms with E-state index in [0.29, 0.717) is 5.39 Å². The fraction of sp³-hybridized carbons (Fsp3) is 0.0833. The number of hydrogen-bond acceptors (Lipinski definition) is 3. The zero-order chi connectivity index (χ0) is 11.5. The van der Waals surface area contributed by atoms with Crippen molar-refractivity contribution >= 4 is 22.5 Å². The van der Waals surface area contributed by atoms with E-state index >= 15 is 0 Å². The number of fused-ring (bicyclic) bond motifs is 1. The molecule has 2 aromatic rings. The maximum atomic E-state index is 11.6. The van der Waals surface area contributed by atoms with Crippen molar-refractivity contribution in [3.8, 4) is 0 Å². The minimum atomic E-state index is -1.14. The number of hydrogen-bond donors (Lipinski definition) is 1. The van der Waals surface area contributed by atoms with Crippen LogP contribution in [0.2, 0.25) is 0 Å². The minimum Gasteiger partial charge on any atom is -0.481 e. The van der Waals surface area contributed by atoms with Crippen molar-refractivity contribution in [3.05, 3.63) is 42.2 Å². The van der Waals surface area contributed by atoms with Crippen LogP contribution in [-0.4, -0.2) is 21.8 Å². The van der Waals surface area contributed by atoms with Gasteiger partial charge in [-0.1, -0.05) is 24.3 Å². The van der Waals surface area contributed by atoms with Gasteiger partial charge in [0.1, 0.15) is 12.1 Å². The Bertz CT molecular complexity index is 558. The van der Waals surface area contributed by atoms with Gasteiger partial charge in [0, 0.05) is 11.6 Å². The molecule has 0 amide bonds. The fourth-order valence-corrected chi connectivity index (χ4v) is 1.56. The third-order valence-corrected chi connectivity index (χ3v) is 2.25. The molecule has 0 aliphatic carbocycles. The topological polar surface area (TPSA) is 67.3 Å². The third kappa shape index (κ3) is 1.91. The molecule has 0 bridgehead atoms. The van der Waals surface area contributed by atoms with Gasteiger partial charge in [-0.15, -0.1) is 0 Å². The van der Waals surface area contributed by atoms with E-state index in [1.165, 1.54) is 6.20 Å². The normalized spacial score (nSPS) is 10.2. The lowest BCUT2D eigenvalue weighted by molar-refractivity contribution is -0.135. The van der Waals surface area contributed by atoms with Crippen LogP contribution in [0.1, 0.15) is 16.9 Å². The summed E-state index contributed by atoms with van der Waals surface area (Å²) in [5.74, 6) is -1.61. The number of carbonyl (C=O) groups is 2. The first-order valence-electron chi connectivity index (χ1n) is 4.77. The van der Waals surface area contributed by atoms with E-state index in [4.69, 9.17) is 5.11 Å².